The van der Waals surface area contributed by atoms with Gasteiger partial charge in [0.05, 0.1) is 18.4 Å². The summed E-state index contributed by atoms with van der Waals surface area (Å²) in [6.07, 6.45) is 1.42. The molecular formula is C13H15NO4. The van der Waals surface area contributed by atoms with Crippen LogP contribution in [0.2, 0.25) is 0 Å². The van der Waals surface area contributed by atoms with Crippen molar-refractivity contribution in [2.75, 3.05) is 12.4 Å². The highest BCUT2D eigenvalue weighted by Gasteiger charge is 2.10. The topological polar surface area (TPSA) is 75.6 Å². The molecule has 0 fully saturated rings. The molecule has 1 rings (SSSR count). The van der Waals surface area contributed by atoms with E-state index >= 15 is 0 Å². The van der Waals surface area contributed by atoms with Crippen LogP contribution in [0.3, 0.4) is 0 Å². The highest BCUT2D eigenvalue weighted by Crippen LogP contribution is 2.25. The molecule has 18 heavy (non-hydrogen) atoms. The maximum atomic E-state index is 11.6. The number of carbonyl (C=O) groups is 2. The highest BCUT2D eigenvalue weighted by molar-refractivity contribution is 6.01. The van der Waals surface area contributed by atoms with E-state index in [0.717, 1.165) is 5.57 Å². The summed E-state index contributed by atoms with van der Waals surface area (Å²) in [5.41, 5.74) is 1.27. The van der Waals surface area contributed by atoms with Crippen LogP contribution in [0.5, 0.6) is 5.75 Å². The summed E-state index contributed by atoms with van der Waals surface area (Å²) in [6.45, 7) is 3.59. The number of amides is 1. The number of nitrogens with one attached hydrogen (secondary N) is 1. The van der Waals surface area contributed by atoms with Gasteiger partial charge in [-0.05, 0) is 32.0 Å². The minimum Gasteiger partial charge on any atom is -0.495 e. The van der Waals surface area contributed by atoms with Gasteiger partial charge in [0.2, 0.25) is 5.91 Å². The van der Waals surface area contributed by atoms with Gasteiger partial charge in [-0.3, -0.25) is 4.79 Å². The lowest BCUT2D eigenvalue weighted by atomic mass is 10.2. The van der Waals surface area contributed by atoms with Gasteiger partial charge in [-0.15, -0.1) is 0 Å². The lowest BCUT2D eigenvalue weighted by Crippen LogP contribution is -2.10. The smallest absolute Gasteiger partial charge is 0.335 e. The Morgan fingerprint density at radius 3 is 2.50 bits per heavy atom. The second-order valence-electron chi connectivity index (χ2n) is 3.93. The van der Waals surface area contributed by atoms with E-state index < -0.39 is 5.97 Å². The molecule has 1 aromatic carbocycles. The Balaban J connectivity index is 3.05. The first-order chi connectivity index (χ1) is 8.43. The maximum absolute atomic E-state index is 11.6. The molecule has 2 N–H and O–H groups in total. The van der Waals surface area contributed by atoms with E-state index in [2.05, 4.69) is 5.32 Å². The van der Waals surface area contributed by atoms with Crippen LogP contribution in [0.25, 0.3) is 0 Å². The van der Waals surface area contributed by atoms with Crippen LogP contribution in [0.15, 0.2) is 29.8 Å². The number of methoxy groups -OCH3 is 1. The van der Waals surface area contributed by atoms with Crippen LogP contribution < -0.4 is 10.1 Å². The molecule has 0 spiro atoms. The van der Waals surface area contributed by atoms with Crippen molar-refractivity contribution in [1.29, 1.82) is 0 Å². The molecule has 0 saturated carbocycles. The summed E-state index contributed by atoms with van der Waals surface area (Å²) in [5.74, 6) is -0.971. The predicted molar refractivity (Wildman–Crippen MR) is 68.0 cm³/mol. The third kappa shape index (κ3) is 3.62. The number of benzene rings is 1. The number of allylic oxidation sites excluding steroid dienone is 1. The van der Waals surface area contributed by atoms with Crippen molar-refractivity contribution in [1.82, 2.24) is 0 Å². The van der Waals surface area contributed by atoms with Crippen LogP contribution in [0.1, 0.15) is 24.2 Å². The second kappa shape index (κ2) is 5.86. The number of carboxylic acid groups (broad SMARTS) is 1. The summed E-state index contributed by atoms with van der Waals surface area (Å²) >= 11 is 0. The van der Waals surface area contributed by atoms with Gasteiger partial charge in [0.15, 0.2) is 0 Å². The first-order valence-corrected chi connectivity index (χ1v) is 5.31. The molecular weight excluding hydrogens is 234 g/mol. The number of carbonyl (C=O) groups excluding carboxylic acids is 1. The van der Waals surface area contributed by atoms with Crippen molar-refractivity contribution in [3.63, 3.8) is 0 Å². The Morgan fingerprint density at radius 1 is 1.33 bits per heavy atom. The molecule has 1 aromatic rings. The van der Waals surface area contributed by atoms with Gasteiger partial charge in [-0.2, -0.15) is 0 Å². The van der Waals surface area contributed by atoms with E-state index in [1.165, 1.54) is 31.4 Å². The fraction of sp³-hybridized carbons (Fsp3) is 0.231. The molecule has 0 aliphatic carbocycles. The van der Waals surface area contributed by atoms with Crippen LogP contribution in [-0.4, -0.2) is 24.1 Å². The predicted octanol–water partition coefficient (Wildman–Crippen LogP) is 2.30. The summed E-state index contributed by atoms with van der Waals surface area (Å²) in [7, 11) is 1.45. The van der Waals surface area contributed by atoms with Crippen molar-refractivity contribution in [3.8, 4) is 5.75 Å². The van der Waals surface area contributed by atoms with Crippen molar-refractivity contribution < 1.29 is 19.4 Å². The third-order valence-electron chi connectivity index (χ3n) is 2.12. The van der Waals surface area contributed by atoms with Gasteiger partial charge in [0.25, 0.3) is 0 Å². The highest BCUT2D eigenvalue weighted by atomic mass is 16.5. The van der Waals surface area contributed by atoms with E-state index in [-0.39, 0.29) is 11.5 Å². The molecule has 0 saturated heterocycles. The maximum Gasteiger partial charge on any atom is 0.335 e. The van der Waals surface area contributed by atoms with E-state index in [1.54, 1.807) is 13.8 Å². The molecule has 0 aliphatic heterocycles. The molecule has 1 amide bonds. The van der Waals surface area contributed by atoms with E-state index in [1.807, 2.05) is 0 Å². The SMILES string of the molecule is COc1ccc(C(=O)O)cc1NC(=O)C=C(C)C. The van der Waals surface area contributed by atoms with Gasteiger partial charge in [-0.25, -0.2) is 4.79 Å². The van der Waals surface area contributed by atoms with Crippen LogP contribution >= 0.6 is 0 Å². The van der Waals surface area contributed by atoms with Crippen molar-refractivity contribution >= 4 is 17.6 Å². The van der Waals surface area contributed by atoms with Gasteiger partial charge >= 0.3 is 5.97 Å². The average molecular weight is 249 g/mol. The minimum atomic E-state index is -1.06. The van der Waals surface area contributed by atoms with E-state index in [0.29, 0.717) is 11.4 Å². The Hall–Kier alpha value is -2.30. The van der Waals surface area contributed by atoms with Crippen LogP contribution in [0, 0.1) is 0 Å². The largest absolute Gasteiger partial charge is 0.495 e. The molecule has 0 unspecified atom stereocenters. The molecule has 5 nitrogen and oxygen atoms in total. The quantitative estimate of drug-likeness (QED) is 0.803. The zero-order valence-corrected chi connectivity index (χ0v) is 10.5. The fourth-order valence-corrected chi connectivity index (χ4v) is 1.37. The third-order valence-corrected chi connectivity index (χ3v) is 2.12. The zero-order chi connectivity index (χ0) is 13.7. The van der Waals surface area contributed by atoms with Crippen molar-refractivity contribution in [2.24, 2.45) is 0 Å². The standard InChI is InChI=1S/C13H15NO4/c1-8(2)6-12(15)14-10-7-9(13(16)17)4-5-11(10)18-3/h4-7H,1-3H3,(H,14,15)(H,16,17). The lowest BCUT2D eigenvalue weighted by Gasteiger charge is -2.09. The van der Waals surface area contributed by atoms with E-state index in [4.69, 9.17) is 9.84 Å². The Bertz CT molecular complexity index is 502. The Kier molecular flexibility index (Phi) is 4.48. The van der Waals surface area contributed by atoms with Gasteiger partial charge in [0, 0.05) is 6.08 Å². The summed E-state index contributed by atoms with van der Waals surface area (Å²) in [6, 6.07) is 4.28. The average Bonchev–Trinajstić information content (AvgIpc) is 2.27. The Morgan fingerprint density at radius 2 is 2.00 bits per heavy atom. The van der Waals surface area contributed by atoms with Gasteiger partial charge in [-0.1, -0.05) is 5.57 Å². The molecule has 0 aromatic heterocycles. The number of carboxylic acids is 1. The van der Waals surface area contributed by atoms with Gasteiger partial charge < -0.3 is 15.2 Å². The first kappa shape index (κ1) is 13.8. The molecule has 0 atom stereocenters. The molecule has 0 heterocycles. The number of anilines is 1. The zero-order valence-electron chi connectivity index (χ0n) is 10.5. The Labute approximate surface area is 105 Å². The normalized spacial score (nSPS) is 9.50. The molecule has 5 heteroatoms. The molecule has 0 aliphatic rings. The summed E-state index contributed by atoms with van der Waals surface area (Å²) in [4.78, 5) is 22.4. The first-order valence-electron chi connectivity index (χ1n) is 5.31. The molecule has 96 valence electrons. The number of rotatable bonds is 4. The number of aromatic carboxylic acids is 1. The molecule has 0 bridgehead atoms. The fourth-order valence-electron chi connectivity index (χ4n) is 1.37. The van der Waals surface area contributed by atoms with Crippen LogP contribution in [-0.2, 0) is 4.79 Å². The lowest BCUT2D eigenvalue weighted by molar-refractivity contribution is -0.112. The number of ether oxygens (including phenoxy) is 1. The van der Waals surface area contributed by atoms with Gasteiger partial charge in [0.1, 0.15) is 5.75 Å². The monoisotopic (exact) mass is 249 g/mol. The molecule has 0 radical (unpaired) electrons. The summed E-state index contributed by atoms with van der Waals surface area (Å²) in [5, 5.41) is 11.5. The van der Waals surface area contributed by atoms with Crippen molar-refractivity contribution in [3.05, 3.63) is 35.4 Å². The van der Waals surface area contributed by atoms with Crippen LogP contribution in [0.4, 0.5) is 5.69 Å². The van der Waals surface area contributed by atoms with Crippen molar-refractivity contribution in [2.45, 2.75) is 13.8 Å². The number of hydrogen-bond donors (Lipinski definition) is 2. The summed E-state index contributed by atoms with van der Waals surface area (Å²) < 4.78 is 5.06. The number of hydrogen-bond acceptors (Lipinski definition) is 3. The minimum absolute atomic E-state index is 0.0864. The second-order valence-corrected chi connectivity index (χ2v) is 3.93. The van der Waals surface area contributed by atoms with E-state index in [9.17, 15) is 9.59 Å².